The quantitative estimate of drug-likeness (QED) is 0.630. The van der Waals surface area contributed by atoms with Gasteiger partial charge in [0.1, 0.15) is 11.9 Å². The van der Waals surface area contributed by atoms with Crippen LogP contribution in [-0.4, -0.2) is 4.98 Å². The summed E-state index contributed by atoms with van der Waals surface area (Å²) in [5, 5.41) is 9.26. The smallest absolute Gasteiger partial charge is 0.124 e. The van der Waals surface area contributed by atoms with Crippen LogP contribution >= 0.6 is 0 Å². The Hall–Kier alpha value is -1.82. The van der Waals surface area contributed by atoms with E-state index in [0.717, 1.165) is 5.52 Å². The molecule has 0 spiro atoms. The maximum atomic E-state index is 12.7. The van der Waals surface area contributed by atoms with Gasteiger partial charge in [0.15, 0.2) is 0 Å². The molecule has 0 atom stereocenters. The van der Waals surface area contributed by atoms with E-state index in [1.165, 1.54) is 12.1 Å². The van der Waals surface area contributed by atoms with Gasteiger partial charge >= 0.3 is 0 Å². The van der Waals surface area contributed by atoms with Crippen molar-refractivity contribution in [3.05, 3.63) is 35.8 Å². The Labute approximate surface area is 68.2 Å². The van der Waals surface area contributed by atoms with E-state index < -0.39 is 0 Å². The number of fused-ring (bicyclic) bond motifs is 1. The summed E-state index contributed by atoms with van der Waals surface area (Å²) in [6.45, 7) is 0. The third-order valence-electron chi connectivity index (χ3n) is 1.76. The van der Waals surface area contributed by atoms with E-state index in [4.69, 9.17) is 5.26 Å². The number of aromatic amines is 1. The van der Waals surface area contributed by atoms with Crippen LogP contribution in [0.2, 0.25) is 0 Å². The number of rotatable bonds is 0. The number of benzene rings is 1. The van der Waals surface area contributed by atoms with Crippen LogP contribution in [0.5, 0.6) is 0 Å². The second kappa shape index (κ2) is 2.35. The van der Waals surface area contributed by atoms with Crippen LogP contribution in [0, 0.1) is 17.1 Å². The highest BCUT2D eigenvalue weighted by molar-refractivity contribution is 5.85. The van der Waals surface area contributed by atoms with Gasteiger partial charge in [0.05, 0.1) is 5.56 Å². The van der Waals surface area contributed by atoms with Crippen molar-refractivity contribution in [3.8, 4) is 6.07 Å². The number of nitrogens with zero attached hydrogens (tertiary/aromatic N) is 1. The molecule has 0 radical (unpaired) electrons. The van der Waals surface area contributed by atoms with Gasteiger partial charge in [-0.25, -0.2) is 4.39 Å². The zero-order valence-corrected chi connectivity index (χ0v) is 6.13. The normalized spacial score (nSPS) is 10.0. The highest BCUT2D eigenvalue weighted by atomic mass is 19.1. The minimum atomic E-state index is -0.321. The van der Waals surface area contributed by atoms with E-state index in [0.29, 0.717) is 10.9 Å². The number of hydrogen-bond donors (Lipinski definition) is 1. The fraction of sp³-hybridized carbons (Fsp3) is 0. The van der Waals surface area contributed by atoms with E-state index in [-0.39, 0.29) is 5.82 Å². The average molecular weight is 160 g/mol. The van der Waals surface area contributed by atoms with Gasteiger partial charge in [-0.3, -0.25) is 0 Å². The van der Waals surface area contributed by atoms with Crippen LogP contribution < -0.4 is 0 Å². The van der Waals surface area contributed by atoms with Crippen LogP contribution in [0.25, 0.3) is 10.9 Å². The maximum Gasteiger partial charge on any atom is 0.124 e. The fourth-order valence-electron chi connectivity index (χ4n) is 1.19. The number of halogens is 1. The van der Waals surface area contributed by atoms with Crippen LogP contribution in [0.3, 0.4) is 0 Å². The lowest BCUT2D eigenvalue weighted by atomic mass is 10.2. The summed E-state index contributed by atoms with van der Waals surface area (Å²) in [7, 11) is 0. The molecule has 58 valence electrons. The molecule has 0 bridgehead atoms. The molecule has 0 aliphatic carbocycles. The molecule has 0 amide bonds. The summed E-state index contributed by atoms with van der Waals surface area (Å²) in [6, 6.07) is 6.31. The molecule has 2 nitrogen and oxygen atoms in total. The molecule has 0 fully saturated rings. The topological polar surface area (TPSA) is 39.6 Å². The summed E-state index contributed by atoms with van der Waals surface area (Å²) in [4.78, 5) is 2.88. The van der Waals surface area contributed by atoms with E-state index in [1.54, 1.807) is 12.3 Å². The highest BCUT2D eigenvalue weighted by Crippen LogP contribution is 2.17. The van der Waals surface area contributed by atoms with Crippen molar-refractivity contribution >= 4 is 10.9 Å². The summed E-state index contributed by atoms with van der Waals surface area (Å²) in [6.07, 6.45) is 1.57. The zero-order valence-electron chi connectivity index (χ0n) is 6.13. The van der Waals surface area contributed by atoms with Gasteiger partial charge in [-0.05, 0) is 18.2 Å². The molecule has 0 aliphatic heterocycles. The van der Waals surface area contributed by atoms with Crippen molar-refractivity contribution in [2.45, 2.75) is 0 Å². The Balaban J connectivity index is 2.86. The molecule has 0 saturated heterocycles. The Kier molecular flexibility index (Phi) is 1.34. The first kappa shape index (κ1) is 6.86. The van der Waals surface area contributed by atoms with Gasteiger partial charge in [0.25, 0.3) is 0 Å². The molecule has 1 aromatic heterocycles. The molecular weight excluding hydrogens is 155 g/mol. The molecule has 2 rings (SSSR count). The third-order valence-corrected chi connectivity index (χ3v) is 1.76. The predicted octanol–water partition coefficient (Wildman–Crippen LogP) is 2.18. The molecule has 2 aromatic rings. The van der Waals surface area contributed by atoms with Gasteiger partial charge in [0.2, 0.25) is 0 Å². The van der Waals surface area contributed by atoms with Crippen molar-refractivity contribution in [3.63, 3.8) is 0 Å². The zero-order chi connectivity index (χ0) is 8.55. The molecule has 12 heavy (non-hydrogen) atoms. The first-order valence-corrected chi connectivity index (χ1v) is 3.48. The number of nitrogens with one attached hydrogen (secondary N) is 1. The van der Waals surface area contributed by atoms with Crippen molar-refractivity contribution < 1.29 is 4.39 Å². The molecule has 1 aromatic carbocycles. The number of hydrogen-bond acceptors (Lipinski definition) is 1. The van der Waals surface area contributed by atoms with Crippen LogP contribution in [0.4, 0.5) is 4.39 Å². The summed E-state index contributed by atoms with van der Waals surface area (Å²) in [5.41, 5.74) is 1.26. The lowest BCUT2D eigenvalue weighted by Crippen LogP contribution is -1.73. The van der Waals surface area contributed by atoms with E-state index in [2.05, 4.69) is 4.98 Å². The Bertz CT molecular complexity index is 465. The summed E-state index contributed by atoms with van der Waals surface area (Å²) < 4.78 is 12.7. The number of aromatic nitrogens is 1. The van der Waals surface area contributed by atoms with Crippen molar-refractivity contribution in [2.75, 3.05) is 0 Å². The Morgan fingerprint density at radius 1 is 1.42 bits per heavy atom. The highest BCUT2D eigenvalue weighted by Gasteiger charge is 2.02. The van der Waals surface area contributed by atoms with Crippen molar-refractivity contribution in [1.82, 2.24) is 4.98 Å². The third kappa shape index (κ3) is 0.857. The molecule has 1 heterocycles. The monoisotopic (exact) mass is 160 g/mol. The second-order valence-corrected chi connectivity index (χ2v) is 2.50. The molecular formula is C9H5FN2. The molecule has 0 aliphatic rings. The second-order valence-electron chi connectivity index (χ2n) is 2.50. The van der Waals surface area contributed by atoms with E-state index in [9.17, 15) is 4.39 Å². The lowest BCUT2D eigenvalue weighted by Gasteiger charge is -1.89. The summed E-state index contributed by atoms with van der Waals surface area (Å²) >= 11 is 0. The lowest BCUT2D eigenvalue weighted by molar-refractivity contribution is 0.629. The number of H-pyrrole nitrogens is 1. The van der Waals surface area contributed by atoms with Crippen LogP contribution in [-0.2, 0) is 0 Å². The largest absolute Gasteiger partial charge is 0.360 e. The van der Waals surface area contributed by atoms with Gasteiger partial charge in [0, 0.05) is 17.1 Å². The molecule has 1 N–H and O–H groups in total. The predicted molar refractivity (Wildman–Crippen MR) is 43.0 cm³/mol. The van der Waals surface area contributed by atoms with Gasteiger partial charge < -0.3 is 4.98 Å². The molecule has 0 saturated carbocycles. The van der Waals surface area contributed by atoms with Crippen molar-refractivity contribution in [2.24, 2.45) is 0 Å². The van der Waals surface area contributed by atoms with Crippen molar-refractivity contribution in [1.29, 1.82) is 5.26 Å². The Morgan fingerprint density at radius 3 is 3.00 bits per heavy atom. The molecule has 0 unspecified atom stereocenters. The average Bonchev–Trinajstić information content (AvgIpc) is 2.46. The van der Waals surface area contributed by atoms with Gasteiger partial charge in [-0.1, -0.05) is 0 Å². The van der Waals surface area contributed by atoms with Gasteiger partial charge in [-0.2, -0.15) is 5.26 Å². The van der Waals surface area contributed by atoms with Crippen LogP contribution in [0.1, 0.15) is 5.56 Å². The number of nitriles is 1. The van der Waals surface area contributed by atoms with Crippen LogP contribution in [0.15, 0.2) is 24.4 Å². The molecule has 3 heteroatoms. The first-order chi connectivity index (χ1) is 5.81. The first-order valence-electron chi connectivity index (χ1n) is 3.48. The van der Waals surface area contributed by atoms with Gasteiger partial charge in [-0.15, -0.1) is 0 Å². The minimum Gasteiger partial charge on any atom is -0.360 e. The maximum absolute atomic E-state index is 12.7. The fourth-order valence-corrected chi connectivity index (χ4v) is 1.19. The van der Waals surface area contributed by atoms with E-state index in [1.807, 2.05) is 6.07 Å². The Morgan fingerprint density at radius 2 is 2.25 bits per heavy atom. The SMILES string of the molecule is N#Cc1c[nH]c2ccc(F)cc12. The van der Waals surface area contributed by atoms with E-state index >= 15 is 0 Å². The summed E-state index contributed by atoms with van der Waals surface area (Å²) in [5.74, 6) is -0.321. The minimum absolute atomic E-state index is 0.321. The standard InChI is InChI=1S/C9H5FN2/c10-7-1-2-9-8(3-7)6(4-11)5-12-9/h1-3,5,12H.